The Labute approximate surface area is 103 Å². The van der Waals surface area contributed by atoms with Gasteiger partial charge in [-0.15, -0.1) is 11.3 Å². The Hall–Kier alpha value is -1.20. The lowest BCUT2D eigenvalue weighted by atomic mass is 10.3. The number of methoxy groups -OCH3 is 1. The molecule has 2 rings (SSSR count). The van der Waals surface area contributed by atoms with Gasteiger partial charge in [0.2, 0.25) is 0 Å². The highest BCUT2D eigenvalue weighted by molar-refractivity contribution is 8.01. The van der Waals surface area contributed by atoms with Crippen molar-refractivity contribution in [3.63, 3.8) is 0 Å². The van der Waals surface area contributed by atoms with Gasteiger partial charge in [-0.3, -0.25) is 0 Å². The summed E-state index contributed by atoms with van der Waals surface area (Å²) in [6, 6.07) is 5.75. The Morgan fingerprint density at radius 1 is 1.44 bits per heavy atom. The molecule has 1 aromatic heterocycles. The first-order chi connectivity index (χ1) is 7.70. The molecule has 1 aromatic carbocycles. The van der Waals surface area contributed by atoms with Crippen LogP contribution in [0.5, 0.6) is 5.75 Å². The molecule has 0 atom stereocenters. The maximum Gasteiger partial charge on any atom is 0.154 e. The van der Waals surface area contributed by atoms with E-state index in [4.69, 9.17) is 10.5 Å². The second-order valence-electron chi connectivity index (χ2n) is 3.23. The molecule has 0 amide bonds. The number of hydrogen-bond acceptors (Lipinski definition) is 5. The summed E-state index contributed by atoms with van der Waals surface area (Å²) in [7, 11) is 1.62. The van der Waals surface area contributed by atoms with E-state index < -0.39 is 0 Å². The lowest BCUT2D eigenvalue weighted by Gasteiger charge is -2.07. The van der Waals surface area contributed by atoms with E-state index in [0.29, 0.717) is 11.4 Å². The quantitative estimate of drug-likeness (QED) is 0.852. The fourth-order valence-electron chi connectivity index (χ4n) is 1.26. The average molecular weight is 252 g/mol. The maximum atomic E-state index is 5.98. The molecule has 0 spiro atoms. The van der Waals surface area contributed by atoms with E-state index >= 15 is 0 Å². The summed E-state index contributed by atoms with van der Waals surface area (Å²) >= 11 is 3.19. The molecule has 0 aliphatic rings. The van der Waals surface area contributed by atoms with E-state index in [2.05, 4.69) is 4.98 Å². The highest BCUT2D eigenvalue weighted by Crippen LogP contribution is 2.37. The highest BCUT2D eigenvalue weighted by atomic mass is 32.2. The van der Waals surface area contributed by atoms with Gasteiger partial charge in [0.05, 0.1) is 12.8 Å². The molecule has 0 saturated heterocycles. The molecule has 84 valence electrons. The molecular formula is C11H12N2OS2. The van der Waals surface area contributed by atoms with E-state index in [1.165, 1.54) is 0 Å². The predicted molar refractivity (Wildman–Crippen MR) is 68.4 cm³/mol. The number of nitrogens with two attached hydrogens (primary N) is 1. The van der Waals surface area contributed by atoms with E-state index in [0.717, 1.165) is 14.9 Å². The zero-order valence-electron chi connectivity index (χ0n) is 9.06. The van der Waals surface area contributed by atoms with Crippen molar-refractivity contribution in [3.05, 3.63) is 29.3 Å². The third-order valence-corrected chi connectivity index (χ3v) is 4.17. The smallest absolute Gasteiger partial charge is 0.154 e. The summed E-state index contributed by atoms with van der Waals surface area (Å²) in [5.41, 5.74) is 7.68. The van der Waals surface area contributed by atoms with Gasteiger partial charge in [0.1, 0.15) is 5.75 Å². The first-order valence-electron chi connectivity index (χ1n) is 4.73. The molecule has 0 bridgehead atoms. The van der Waals surface area contributed by atoms with Crippen LogP contribution in [-0.4, -0.2) is 12.1 Å². The van der Waals surface area contributed by atoms with Crippen LogP contribution in [0.4, 0.5) is 5.69 Å². The third kappa shape index (κ3) is 2.31. The first kappa shape index (κ1) is 11.3. The van der Waals surface area contributed by atoms with Gasteiger partial charge < -0.3 is 10.5 Å². The Morgan fingerprint density at radius 3 is 2.88 bits per heavy atom. The number of anilines is 1. The van der Waals surface area contributed by atoms with Crippen LogP contribution in [0.15, 0.2) is 32.8 Å². The van der Waals surface area contributed by atoms with Crippen molar-refractivity contribution in [1.82, 2.24) is 4.98 Å². The lowest BCUT2D eigenvalue weighted by molar-refractivity contribution is 0.416. The van der Waals surface area contributed by atoms with E-state index in [1.807, 2.05) is 30.5 Å². The Balaban J connectivity index is 2.28. The molecule has 2 aromatic rings. The number of aryl methyl sites for hydroxylation is 1. The molecule has 0 saturated carbocycles. The van der Waals surface area contributed by atoms with Crippen molar-refractivity contribution < 1.29 is 4.74 Å². The van der Waals surface area contributed by atoms with Gasteiger partial charge >= 0.3 is 0 Å². The molecule has 3 nitrogen and oxygen atoms in total. The second-order valence-corrected chi connectivity index (χ2v) is 5.38. The predicted octanol–water partition coefficient (Wildman–Crippen LogP) is 3.19. The molecule has 5 heteroatoms. The lowest BCUT2D eigenvalue weighted by Crippen LogP contribution is -1.93. The molecule has 0 unspecified atom stereocenters. The van der Waals surface area contributed by atoms with Crippen molar-refractivity contribution in [2.24, 2.45) is 0 Å². The highest BCUT2D eigenvalue weighted by Gasteiger charge is 2.08. The molecule has 0 radical (unpaired) electrons. The second kappa shape index (κ2) is 4.76. The SMILES string of the molecule is COc1cccc(Sc2nc(C)cs2)c1N. The summed E-state index contributed by atoms with van der Waals surface area (Å²) in [6.45, 7) is 1.98. The van der Waals surface area contributed by atoms with Crippen LogP contribution >= 0.6 is 23.1 Å². The van der Waals surface area contributed by atoms with E-state index in [-0.39, 0.29) is 0 Å². The van der Waals surface area contributed by atoms with Gasteiger partial charge in [0.15, 0.2) is 4.34 Å². The maximum absolute atomic E-state index is 5.98. The topological polar surface area (TPSA) is 48.1 Å². The fourth-order valence-corrected chi connectivity index (χ4v) is 3.13. The van der Waals surface area contributed by atoms with Crippen LogP contribution in [0.2, 0.25) is 0 Å². The normalized spacial score (nSPS) is 10.4. The van der Waals surface area contributed by atoms with Crippen LogP contribution in [0, 0.1) is 6.92 Å². The minimum atomic E-state index is 0.669. The molecule has 16 heavy (non-hydrogen) atoms. The van der Waals surface area contributed by atoms with Gasteiger partial charge in [0.25, 0.3) is 0 Å². The number of aromatic nitrogens is 1. The molecule has 0 fully saturated rings. The van der Waals surface area contributed by atoms with Gasteiger partial charge in [-0.25, -0.2) is 4.98 Å². The zero-order chi connectivity index (χ0) is 11.5. The molecule has 1 heterocycles. The van der Waals surface area contributed by atoms with Crippen molar-refractivity contribution >= 4 is 28.8 Å². The number of nitrogen functional groups attached to an aromatic ring is 1. The number of ether oxygens (including phenoxy) is 1. The van der Waals surface area contributed by atoms with Crippen molar-refractivity contribution in [3.8, 4) is 5.75 Å². The summed E-state index contributed by atoms with van der Waals surface area (Å²) in [4.78, 5) is 5.37. The van der Waals surface area contributed by atoms with Crippen LogP contribution in [0.25, 0.3) is 0 Å². The number of nitrogens with zero attached hydrogens (tertiary/aromatic N) is 1. The molecule has 2 N–H and O–H groups in total. The van der Waals surface area contributed by atoms with Crippen LogP contribution < -0.4 is 10.5 Å². The average Bonchev–Trinajstić information content (AvgIpc) is 2.67. The fraction of sp³-hybridized carbons (Fsp3) is 0.182. The van der Waals surface area contributed by atoms with Crippen molar-refractivity contribution in [2.45, 2.75) is 16.2 Å². The standard InChI is InChI=1S/C11H12N2OS2/c1-7-6-15-11(13-7)16-9-5-3-4-8(14-2)10(9)12/h3-6H,12H2,1-2H3. The van der Waals surface area contributed by atoms with Gasteiger partial charge in [-0.2, -0.15) is 0 Å². The van der Waals surface area contributed by atoms with Gasteiger partial charge in [-0.05, 0) is 19.1 Å². The largest absolute Gasteiger partial charge is 0.495 e. The number of rotatable bonds is 3. The Morgan fingerprint density at radius 2 is 2.25 bits per heavy atom. The van der Waals surface area contributed by atoms with Crippen LogP contribution in [0.1, 0.15) is 5.69 Å². The monoisotopic (exact) mass is 252 g/mol. The van der Waals surface area contributed by atoms with Gasteiger partial charge in [-0.1, -0.05) is 17.8 Å². The summed E-state index contributed by atoms with van der Waals surface area (Å²) < 4.78 is 6.17. The Bertz CT molecular complexity index is 496. The van der Waals surface area contributed by atoms with E-state index in [9.17, 15) is 0 Å². The third-order valence-electron chi connectivity index (χ3n) is 2.04. The van der Waals surface area contributed by atoms with Crippen LogP contribution in [0.3, 0.4) is 0 Å². The summed E-state index contributed by atoms with van der Waals surface area (Å²) in [5, 5.41) is 2.03. The summed E-state index contributed by atoms with van der Waals surface area (Å²) in [5.74, 6) is 0.707. The number of thiazole rings is 1. The summed E-state index contributed by atoms with van der Waals surface area (Å²) in [6.07, 6.45) is 0. The van der Waals surface area contributed by atoms with E-state index in [1.54, 1.807) is 30.2 Å². The number of para-hydroxylation sites is 1. The van der Waals surface area contributed by atoms with Crippen molar-refractivity contribution in [1.29, 1.82) is 0 Å². The number of benzene rings is 1. The van der Waals surface area contributed by atoms with Gasteiger partial charge in [0, 0.05) is 16.0 Å². The van der Waals surface area contributed by atoms with Crippen LogP contribution in [-0.2, 0) is 0 Å². The van der Waals surface area contributed by atoms with Crippen molar-refractivity contribution in [2.75, 3.05) is 12.8 Å². The molecular weight excluding hydrogens is 240 g/mol. The molecule has 0 aliphatic heterocycles. The zero-order valence-corrected chi connectivity index (χ0v) is 10.7. The minimum Gasteiger partial charge on any atom is -0.495 e. The molecule has 0 aliphatic carbocycles. The Kier molecular flexibility index (Phi) is 3.36. The first-order valence-corrected chi connectivity index (χ1v) is 6.43. The number of hydrogen-bond donors (Lipinski definition) is 1. The minimum absolute atomic E-state index is 0.669.